The lowest BCUT2D eigenvalue weighted by atomic mass is 9.92. The fourth-order valence-electron chi connectivity index (χ4n) is 2.37. The highest BCUT2D eigenvalue weighted by molar-refractivity contribution is 5.29. The fraction of sp³-hybridized carbons (Fsp3) is 0.667. The summed E-state index contributed by atoms with van der Waals surface area (Å²) in [5.41, 5.74) is 2.70. The SMILES string of the molecule is COCCNCC(CCOC(C)(C)C)c1ccccc1C. The first-order valence-electron chi connectivity index (χ1n) is 7.83. The van der Waals surface area contributed by atoms with Crippen LogP contribution in [0.3, 0.4) is 0 Å². The van der Waals surface area contributed by atoms with Crippen LogP contribution in [-0.4, -0.2) is 39.0 Å². The van der Waals surface area contributed by atoms with Crippen LogP contribution in [0.5, 0.6) is 0 Å². The lowest BCUT2D eigenvalue weighted by Crippen LogP contribution is -2.27. The largest absolute Gasteiger partial charge is 0.383 e. The smallest absolute Gasteiger partial charge is 0.0598 e. The Labute approximate surface area is 130 Å². The molecule has 1 aromatic rings. The molecule has 1 atom stereocenters. The molecular weight excluding hydrogens is 262 g/mol. The van der Waals surface area contributed by atoms with Crippen molar-refractivity contribution in [2.75, 3.05) is 33.4 Å². The third-order valence-corrected chi connectivity index (χ3v) is 3.50. The third kappa shape index (κ3) is 7.60. The number of hydrogen-bond donors (Lipinski definition) is 1. The van der Waals surface area contributed by atoms with E-state index in [1.807, 2.05) is 0 Å². The Morgan fingerprint density at radius 3 is 2.48 bits per heavy atom. The van der Waals surface area contributed by atoms with Gasteiger partial charge in [0.25, 0.3) is 0 Å². The van der Waals surface area contributed by atoms with Crippen LogP contribution in [0.1, 0.15) is 44.2 Å². The molecule has 0 fully saturated rings. The Morgan fingerprint density at radius 1 is 1.14 bits per heavy atom. The fourth-order valence-corrected chi connectivity index (χ4v) is 2.37. The van der Waals surface area contributed by atoms with Gasteiger partial charge in [-0.2, -0.15) is 0 Å². The maximum atomic E-state index is 5.90. The van der Waals surface area contributed by atoms with Gasteiger partial charge in [-0.3, -0.25) is 0 Å². The Morgan fingerprint density at radius 2 is 1.86 bits per heavy atom. The van der Waals surface area contributed by atoms with Gasteiger partial charge in [0.2, 0.25) is 0 Å². The van der Waals surface area contributed by atoms with Crippen LogP contribution < -0.4 is 5.32 Å². The molecule has 0 bridgehead atoms. The van der Waals surface area contributed by atoms with Gasteiger partial charge < -0.3 is 14.8 Å². The van der Waals surface area contributed by atoms with Gasteiger partial charge in [0, 0.05) is 26.8 Å². The van der Waals surface area contributed by atoms with Gasteiger partial charge in [0.05, 0.1) is 12.2 Å². The molecule has 0 amide bonds. The Balaban J connectivity index is 2.59. The minimum absolute atomic E-state index is 0.0697. The number of rotatable bonds is 9. The molecule has 1 rings (SSSR count). The minimum Gasteiger partial charge on any atom is -0.383 e. The van der Waals surface area contributed by atoms with E-state index in [9.17, 15) is 0 Å². The van der Waals surface area contributed by atoms with Gasteiger partial charge in [-0.1, -0.05) is 24.3 Å². The van der Waals surface area contributed by atoms with Crippen LogP contribution in [-0.2, 0) is 9.47 Å². The van der Waals surface area contributed by atoms with E-state index in [1.54, 1.807) is 7.11 Å². The normalized spacial score (nSPS) is 13.4. The third-order valence-electron chi connectivity index (χ3n) is 3.50. The molecule has 21 heavy (non-hydrogen) atoms. The van der Waals surface area contributed by atoms with Gasteiger partial charge in [-0.25, -0.2) is 0 Å². The van der Waals surface area contributed by atoms with E-state index in [0.717, 1.165) is 32.7 Å². The predicted octanol–water partition coefficient (Wildman–Crippen LogP) is 3.52. The van der Waals surface area contributed by atoms with E-state index in [4.69, 9.17) is 9.47 Å². The Kier molecular flexibility index (Phi) is 7.94. The summed E-state index contributed by atoms with van der Waals surface area (Å²) in [4.78, 5) is 0. The van der Waals surface area contributed by atoms with Crippen LogP contribution in [0.15, 0.2) is 24.3 Å². The molecule has 0 radical (unpaired) electrons. The molecule has 0 heterocycles. The zero-order valence-electron chi connectivity index (χ0n) is 14.2. The monoisotopic (exact) mass is 293 g/mol. The molecule has 0 saturated carbocycles. The van der Waals surface area contributed by atoms with Crippen LogP contribution in [0, 0.1) is 6.92 Å². The summed E-state index contributed by atoms with van der Waals surface area (Å²) in [6.45, 7) is 11.9. The highest BCUT2D eigenvalue weighted by Gasteiger charge is 2.16. The maximum Gasteiger partial charge on any atom is 0.0598 e. The molecule has 0 aliphatic heterocycles. The second kappa shape index (κ2) is 9.19. The second-order valence-electron chi connectivity index (χ2n) is 6.50. The second-order valence-corrected chi connectivity index (χ2v) is 6.50. The summed E-state index contributed by atoms with van der Waals surface area (Å²) in [5.74, 6) is 0.477. The number of nitrogens with one attached hydrogen (secondary N) is 1. The van der Waals surface area contributed by atoms with Crippen molar-refractivity contribution in [1.29, 1.82) is 0 Å². The summed E-state index contributed by atoms with van der Waals surface area (Å²) >= 11 is 0. The van der Waals surface area contributed by atoms with Gasteiger partial charge >= 0.3 is 0 Å². The number of methoxy groups -OCH3 is 1. The first-order valence-corrected chi connectivity index (χ1v) is 7.83. The quantitative estimate of drug-likeness (QED) is 0.707. The van der Waals surface area contributed by atoms with Crippen molar-refractivity contribution in [2.24, 2.45) is 0 Å². The lowest BCUT2D eigenvalue weighted by molar-refractivity contribution is -0.00626. The molecule has 1 N–H and O–H groups in total. The molecule has 0 spiro atoms. The summed E-state index contributed by atoms with van der Waals surface area (Å²) in [5, 5.41) is 3.48. The summed E-state index contributed by atoms with van der Waals surface area (Å²) in [6, 6.07) is 8.63. The molecule has 0 saturated heterocycles. The van der Waals surface area contributed by atoms with E-state index in [-0.39, 0.29) is 5.60 Å². The summed E-state index contributed by atoms with van der Waals surface area (Å²) in [6.07, 6.45) is 1.03. The Bertz CT molecular complexity index is 398. The van der Waals surface area contributed by atoms with Crippen LogP contribution >= 0.6 is 0 Å². The highest BCUT2D eigenvalue weighted by Crippen LogP contribution is 2.23. The van der Waals surface area contributed by atoms with Crippen molar-refractivity contribution < 1.29 is 9.47 Å². The first-order chi connectivity index (χ1) is 9.94. The molecule has 1 unspecified atom stereocenters. The highest BCUT2D eigenvalue weighted by atomic mass is 16.5. The molecular formula is C18H31NO2. The first kappa shape index (κ1) is 18.1. The molecule has 120 valence electrons. The van der Waals surface area contributed by atoms with Gasteiger partial charge in [0.1, 0.15) is 0 Å². The van der Waals surface area contributed by atoms with Crippen LogP contribution in [0.4, 0.5) is 0 Å². The Hall–Kier alpha value is -0.900. The van der Waals surface area contributed by atoms with Gasteiger partial charge in [0.15, 0.2) is 0 Å². The maximum absolute atomic E-state index is 5.90. The average molecular weight is 293 g/mol. The number of ether oxygens (including phenoxy) is 2. The van der Waals surface area contributed by atoms with E-state index < -0.39 is 0 Å². The molecule has 3 heteroatoms. The molecule has 1 aromatic carbocycles. The zero-order valence-corrected chi connectivity index (χ0v) is 14.2. The van der Waals surface area contributed by atoms with Crippen molar-refractivity contribution in [3.05, 3.63) is 35.4 Å². The number of hydrogen-bond acceptors (Lipinski definition) is 3. The zero-order chi connectivity index (χ0) is 15.7. The predicted molar refractivity (Wildman–Crippen MR) is 89.0 cm³/mol. The van der Waals surface area contributed by atoms with Crippen molar-refractivity contribution >= 4 is 0 Å². The molecule has 0 aliphatic carbocycles. The summed E-state index contributed by atoms with van der Waals surface area (Å²) < 4.78 is 11.0. The van der Waals surface area contributed by atoms with Crippen molar-refractivity contribution in [1.82, 2.24) is 5.32 Å². The minimum atomic E-state index is -0.0697. The van der Waals surface area contributed by atoms with E-state index in [2.05, 4.69) is 57.3 Å². The van der Waals surface area contributed by atoms with E-state index in [0.29, 0.717) is 5.92 Å². The van der Waals surface area contributed by atoms with Crippen molar-refractivity contribution in [3.8, 4) is 0 Å². The number of aryl methyl sites for hydroxylation is 1. The molecule has 0 aliphatic rings. The topological polar surface area (TPSA) is 30.5 Å². The van der Waals surface area contributed by atoms with Crippen molar-refractivity contribution in [2.45, 2.75) is 45.6 Å². The van der Waals surface area contributed by atoms with Crippen molar-refractivity contribution in [3.63, 3.8) is 0 Å². The van der Waals surface area contributed by atoms with Crippen LogP contribution in [0.25, 0.3) is 0 Å². The standard InChI is InChI=1S/C18H31NO2/c1-15-8-6-7-9-17(15)16(14-19-11-13-20-5)10-12-21-18(2,3)4/h6-9,16,19H,10-14H2,1-5H3. The molecule has 0 aromatic heterocycles. The van der Waals surface area contributed by atoms with Crippen LogP contribution in [0.2, 0.25) is 0 Å². The summed E-state index contributed by atoms with van der Waals surface area (Å²) in [7, 11) is 1.73. The lowest BCUT2D eigenvalue weighted by Gasteiger charge is -2.24. The number of benzene rings is 1. The molecule has 3 nitrogen and oxygen atoms in total. The van der Waals surface area contributed by atoms with Gasteiger partial charge in [-0.05, 0) is 51.2 Å². The van der Waals surface area contributed by atoms with E-state index in [1.165, 1.54) is 11.1 Å². The van der Waals surface area contributed by atoms with E-state index >= 15 is 0 Å². The average Bonchev–Trinajstić information content (AvgIpc) is 2.41. The van der Waals surface area contributed by atoms with Gasteiger partial charge in [-0.15, -0.1) is 0 Å².